The van der Waals surface area contributed by atoms with Crippen LogP contribution >= 0.6 is 22.6 Å². The molecule has 2 rings (SSSR count). The minimum absolute atomic E-state index is 0.0354. The Labute approximate surface area is 95.9 Å². The molecule has 0 amide bonds. The summed E-state index contributed by atoms with van der Waals surface area (Å²) in [7, 11) is 0. The third-order valence-corrected chi connectivity index (χ3v) is 2.68. The minimum Gasteiger partial charge on any atom is -0.857 e. The van der Waals surface area contributed by atoms with Crippen molar-refractivity contribution < 1.29 is 9.79 Å². The summed E-state index contributed by atoms with van der Waals surface area (Å²) in [5.74, 6) is -0.0354. The molecule has 0 saturated heterocycles. The molecule has 72 valence electrons. The molecule has 14 heavy (non-hydrogen) atoms. The van der Waals surface area contributed by atoms with Crippen molar-refractivity contribution in [1.82, 2.24) is 0 Å². The molecular formula is C10H9IN2O. The van der Waals surface area contributed by atoms with E-state index in [1.807, 2.05) is 30.5 Å². The Kier molecular flexibility index (Phi) is 2.81. The van der Waals surface area contributed by atoms with Crippen LogP contribution in [0.1, 0.15) is 12.0 Å². The molecule has 1 heterocycles. The van der Waals surface area contributed by atoms with Crippen molar-refractivity contribution in [2.24, 2.45) is 5.10 Å². The lowest BCUT2D eigenvalue weighted by Gasteiger charge is -1.91. The molecular weight excluding hydrogens is 291 g/mol. The molecule has 0 spiro atoms. The Hall–Kier alpha value is -0.910. The maximum absolute atomic E-state index is 10.9. The summed E-state index contributed by atoms with van der Waals surface area (Å²) in [6, 6.07) is 8.09. The van der Waals surface area contributed by atoms with Crippen LogP contribution in [0.3, 0.4) is 0 Å². The standard InChI is InChI=1S/C10H9IN2O/c11-9-3-1-8(2-4-9)7-13-6-5-10(14)12-13/h1-4,7H,5-6H2/b13-7-. The average Bonchev–Trinajstić information content (AvgIpc) is 2.56. The summed E-state index contributed by atoms with van der Waals surface area (Å²) in [6.07, 6.45) is 2.42. The molecule has 0 radical (unpaired) electrons. The molecule has 3 nitrogen and oxygen atoms in total. The van der Waals surface area contributed by atoms with Gasteiger partial charge in [0, 0.05) is 21.5 Å². The van der Waals surface area contributed by atoms with Crippen molar-refractivity contribution in [3.8, 4) is 0 Å². The Morgan fingerprint density at radius 2 is 2.07 bits per heavy atom. The first kappa shape index (κ1) is 9.64. The number of hydrazone groups is 1. The van der Waals surface area contributed by atoms with Gasteiger partial charge in [-0.25, -0.2) is 0 Å². The van der Waals surface area contributed by atoms with E-state index in [1.165, 1.54) is 3.57 Å². The van der Waals surface area contributed by atoms with Gasteiger partial charge in [0.05, 0.1) is 0 Å². The molecule has 1 aliphatic rings. The highest BCUT2D eigenvalue weighted by atomic mass is 127. The second-order valence-electron chi connectivity index (χ2n) is 3.09. The van der Waals surface area contributed by atoms with Gasteiger partial charge in [-0.15, -0.1) is 0 Å². The van der Waals surface area contributed by atoms with Crippen LogP contribution in [-0.2, 0) is 0 Å². The first-order valence-corrected chi connectivity index (χ1v) is 5.43. The maximum atomic E-state index is 10.9. The third kappa shape index (κ3) is 2.31. The van der Waals surface area contributed by atoms with Gasteiger partial charge in [-0.05, 0) is 52.0 Å². The number of rotatable bonds is 1. The highest BCUT2D eigenvalue weighted by molar-refractivity contribution is 14.1. The lowest BCUT2D eigenvalue weighted by Crippen LogP contribution is -2.13. The largest absolute Gasteiger partial charge is 0.857 e. The highest BCUT2D eigenvalue weighted by Gasteiger charge is 2.10. The molecule has 0 N–H and O–H groups in total. The minimum atomic E-state index is -0.0354. The Bertz CT molecular complexity index is 395. The third-order valence-electron chi connectivity index (χ3n) is 1.96. The summed E-state index contributed by atoms with van der Waals surface area (Å²) in [5, 5.41) is 14.7. The van der Waals surface area contributed by atoms with Gasteiger partial charge in [-0.1, -0.05) is 4.68 Å². The molecule has 1 aliphatic heterocycles. The predicted octanol–water partition coefficient (Wildman–Crippen LogP) is 0.800. The Morgan fingerprint density at radius 3 is 2.64 bits per heavy atom. The Balaban J connectivity index is 2.22. The Morgan fingerprint density at radius 1 is 1.36 bits per heavy atom. The van der Waals surface area contributed by atoms with E-state index in [-0.39, 0.29) is 5.90 Å². The van der Waals surface area contributed by atoms with Crippen LogP contribution in [0.2, 0.25) is 0 Å². The van der Waals surface area contributed by atoms with Gasteiger partial charge in [0.1, 0.15) is 0 Å². The fraction of sp³-hybridized carbons (Fsp3) is 0.200. The SMILES string of the molecule is [O-]C1=N/[N+](=C\c2ccc(I)cc2)CC1. The van der Waals surface area contributed by atoms with Gasteiger partial charge in [0.25, 0.3) is 0 Å². The number of hydrogen-bond donors (Lipinski definition) is 0. The predicted molar refractivity (Wildman–Crippen MR) is 61.5 cm³/mol. The highest BCUT2D eigenvalue weighted by Crippen LogP contribution is 2.05. The van der Waals surface area contributed by atoms with E-state index < -0.39 is 0 Å². The van der Waals surface area contributed by atoms with Crippen LogP contribution < -0.4 is 5.11 Å². The van der Waals surface area contributed by atoms with E-state index in [0.29, 0.717) is 13.0 Å². The number of nitrogens with zero attached hydrogens (tertiary/aromatic N) is 2. The van der Waals surface area contributed by atoms with E-state index in [0.717, 1.165) is 5.56 Å². The molecule has 0 fully saturated rings. The van der Waals surface area contributed by atoms with Crippen LogP contribution in [0.15, 0.2) is 29.4 Å². The second-order valence-corrected chi connectivity index (χ2v) is 4.33. The van der Waals surface area contributed by atoms with Crippen molar-refractivity contribution in [3.63, 3.8) is 0 Å². The van der Waals surface area contributed by atoms with Gasteiger partial charge < -0.3 is 5.11 Å². The normalized spacial score (nSPS) is 18.6. The average molecular weight is 300 g/mol. The zero-order valence-corrected chi connectivity index (χ0v) is 9.64. The van der Waals surface area contributed by atoms with Crippen molar-refractivity contribution in [1.29, 1.82) is 0 Å². The molecule has 1 aromatic rings. The summed E-state index contributed by atoms with van der Waals surface area (Å²) < 4.78 is 2.90. The van der Waals surface area contributed by atoms with Crippen molar-refractivity contribution >= 4 is 34.7 Å². The van der Waals surface area contributed by atoms with Gasteiger partial charge >= 0.3 is 0 Å². The van der Waals surface area contributed by atoms with Gasteiger partial charge in [0.2, 0.25) is 6.21 Å². The molecule has 0 bridgehead atoms. The van der Waals surface area contributed by atoms with Crippen LogP contribution in [-0.4, -0.2) is 23.3 Å². The molecule has 1 aromatic carbocycles. The molecule has 0 aromatic heterocycles. The number of benzene rings is 1. The monoisotopic (exact) mass is 300 g/mol. The summed E-state index contributed by atoms with van der Waals surface area (Å²) in [6.45, 7) is 0.699. The molecule has 0 atom stereocenters. The fourth-order valence-electron chi connectivity index (χ4n) is 1.27. The van der Waals surface area contributed by atoms with Crippen molar-refractivity contribution in [2.45, 2.75) is 6.42 Å². The first-order valence-electron chi connectivity index (χ1n) is 4.35. The lowest BCUT2D eigenvalue weighted by molar-refractivity contribution is -0.519. The quantitative estimate of drug-likeness (QED) is 0.558. The maximum Gasteiger partial charge on any atom is 0.203 e. The van der Waals surface area contributed by atoms with E-state index >= 15 is 0 Å². The smallest absolute Gasteiger partial charge is 0.203 e. The van der Waals surface area contributed by atoms with Gasteiger partial charge in [-0.2, -0.15) is 0 Å². The van der Waals surface area contributed by atoms with Crippen molar-refractivity contribution in [2.75, 3.05) is 6.54 Å². The van der Waals surface area contributed by atoms with Crippen LogP contribution in [0, 0.1) is 3.57 Å². The topological polar surface area (TPSA) is 38.4 Å². The van der Waals surface area contributed by atoms with Gasteiger partial charge in [0.15, 0.2) is 6.54 Å². The van der Waals surface area contributed by atoms with Gasteiger partial charge in [-0.3, -0.25) is 0 Å². The van der Waals surface area contributed by atoms with Crippen LogP contribution in [0.25, 0.3) is 0 Å². The van der Waals surface area contributed by atoms with E-state index in [1.54, 1.807) is 4.68 Å². The zero-order valence-electron chi connectivity index (χ0n) is 7.48. The summed E-state index contributed by atoms with van der Waals surface area (Å²) in [5.41, 5.74) is 1.07. The number of hydrogen-bond acceptors (Lipinski definition) is 2. The molecule has 0 unspecified atom stereocenters. The fourth-order valence-corrected chi connectivity index (χ4v) is 1.63. The van der Waals surface area contributed by atoms with E-state index in [2.05, 4.69) is 27.7 Å². The molecule has 0 aliphatic carbocycles. The summed E-state index contributed by atoms with van der Waals surface area (Å²) in [4.78, 5) is 0. The summed E-state index contributed by atoms with van der Waals surface area (Å²) >= 11 is 2.26. The van der Waals surface area contributed by atoms with Crippen LogP contribution in [0.5, 0.6) is 0 Å². The van der Waals surface area contributed by atoms with E-state index in [4.69, 9.17) is 0 Å². The molecule has 0 saturated carbocycles. The number of halogens is 1. The van der Waals surface area contributed by atoms with Crippen molar-refractivity contribution in [3.05, 3.63) is 33.4 Å². The van der Waals surface area contributed by atoms with Crippen LogP contribution in [0.4, 0.5) is 0 Å². The molecule has 4 heteroatoms. The lowest BCUT2D eigenvalue weighted by atomic mass is 10.2. The zero-order chi connectivity index (χ0) is 9.97. The van der Waals surface area contributed by atoms with E-state index in [9.17, 15) is 5.11 Å². The first-order chi connectivity index (χ1) is 6.74. The second kappa shape index (κ2) is 4.08.